The van der Waals surface area contributed by atoms with E-state index >= 15 is 0 Å². The number of nitrogens with one attached hydrogen (secondary N) is 1. The van der Waals surface area contributed by atoms with Gasteiger partial charge in [0.15, 0.2) is 0 Å². The average Bonchev–Trinajstić information content (AvgIpc) is 3.11. The van der Waals surface area contributed by atoms with Gasteiger partial charge in [0.25, 0.3) is 0 Å². The predicted octanol–water partition coefficient (Wildman–Crippen LogP) is 4.13. The molecule has 2 heterocycles. The molecule has 0 bridgehead atoms. The Balaban J connectivity index is 1.64. The summed E-state index contributed by atoms with van der Waals surface area (Å²) in [6, 6.07) is 12.0. The predicted molar refractivity (Wildman–Crippen MR) is 104 cm³/mol. The van der Waals surface area contributed by atoms with Crippen molar-refractivity contribution in [3.05, 3.63) is 64.3 Å². The van der Waals surface area contributed by atoms with Gasteiger partial charge in [-0.3, -0.25) is 10.1 Å². The number of nitro groups is 1. The van der Waals surface area contributed by atoms with Gasteiger partial charge in [0, 0.05) is 41.5 Å². The van der Waals surface area contributed by atoms with Crippen molar-refractivity contribution in [2.45, 2.75) is 19.1 Å². The van der Waals surface area contributed by atoms with Crippen molar-refractivity contribution in [2.75, 3.05) is 24.7 Å². The Morgan fingerprint density at radius 1 is 1.31 bits per heavy atom. The molecule has 1 atom stereocenters. The van der Waals surface area contributed by atoms with Crippen LogP contribution in [0.3, 0.4) is 0 Å². The molecule has 2 aromatic carbocycles. The number of aromatic nitrogens is 1. The number of alkyl halides is 2. The lowest BCUT2D eigenvalue weighted by Gasteiger charge is -2.37. The number of hydrogen-bond acceptors (Lipinski definition) is 5. The number of ether oxygens (including phenoxy) is 2. The first-order valence-corrected chi connectivity index (χ1v) is 9.15. The summed E-state index contributed by atoms with van der Waals surface area (Å²) < 4.78 is 35.5. The summed E-state index contributed by atoms with van der Waals surface area (Å²) in [5.41, 5.74) is 2.25. The topological polar surface area (TPSA) is 80.6 Å². The standard InChI is InChI=1S/C20H19F2N3O4/c21-20(22)29-19-10-14(5-6-18(19)25(26)27)24-7-8-28-12-15(24)9-13-11-23-17-4-2-1-3-16(13)17/h1-6,10-11,15,20,23H,7-9,12H2/t15-/m1/s1. The number of rotatable bonds is 6. The molecule has 1 aliphatic heterocycles. The van der Waals surface area contributed by atoms with E-state index < -0.39 is 23.0 Å². The van der Waals surface area contributed by atoms with Crippen LogP contribution in [-0.2, 0) is 11.2 Å². The number of nitro benzene ring substituents is 1. The summed E-state index contributed by atoms with van der Waals surface area (Å²) in [6.07, 6.45) is 2.63. The third-order valence-electron chi connectivity index (χ3n) is 5.05. The first kappa shape index (κ1) is 19.1. The summed E-state index contributed by atoms with van der Waals surface area (Å²) in [5, 5.41) is 12.2. The monoisotopic (exact) mass is 403 g/mol. The van der Waals surface area contributed by atoms with E-state index in [0.29, 0.717) is 31.9 Å². The third-order valence-corrected chi connectivity index (χ3v) is 5.05. The summed E-state index contributed by atoms with van der Waals surface area (Å²) in [7, 11) is 0. The molecule has 7 nitrogen and oxygen atoms in total. The highest BCUT2D eigenvalue weighted by molar-refractivity contribution is 5.83. The number of H-pyrrole nitrogens is 1. The Morgan fingerprint density at radius 2 is 2.14 bits per heavy atom. The zero-order valence-electron chi connectivity index (χ0n) is 15.4. The molecule has 1 saturated heterocycles. The highest BCUT2D eigenvalue weighted by Crippen LogP contribution is 2.34. The molecule has 0 saturated carbocycles. The van der Waals surface area contributed by atoms with Crippen LogP contribution in [0.5, 0.6) is 5.75 Å². The van der Waals surface area contributed by atoms with E-state index in [2.05, 4.69) is 9.72 Å². The maximum atomic E-state index is 12.7. The van der Waals surface area contributed by atoms with E-state index in [4.69, 9.17) is 4.74 Å². The fraction of sp³-hybridized carbons (Fsp3) is 0.300. The van der Waals surface area contributed by atoms with Gasteiger partial charge in [0.05, 0.1) is 24.2 Å². The van der Waals surface area contributed by atoms with E-state index in [1.54, 1.807) is 6.07 Å². The van der Waals surface area contributed by atoms with Crippen LogP contribution >= 0.6 is 0 Å². The minimum Gasteiger partial charge on any atom is -0.427 e. The molecule has 1 aliphatic rings. The van der Waals surface area contributed by atoms with Crippen molar-refractivity contribution in [3.8, 4) is 5.75 Å². The van der Waals surface area contributed by atoms with Crippen molar-refractivity contribution in [2.24, 2.45) is 0 Å². The van der Waals surface area contributed by atoms with Gasteiger partial charge < -0.3 is 19.4 Å². The van der Waals surface area contributed by atoms with Crippen LogP contribution in [0.15, 0.2) is 48.7 Å². The summed E-state index contributed by atoms with van der Waals surface area (Å²) >= 11 is 0. The molecule has 1 N–H and O–H groups in total. The number of anilines is 1. The van der Waals surface area contributed by atoms with Gasteiger partial charge in [-0.05, 0) is 24.1 Å². The smallest absolute Gasteiger partial charge is 0.387 e. The Bertz CT molecular complexity index is 1020. The normalized spacial score (nSPS) is 17.1. The van der Waals surface area contributed by atoms with Crippen LogP contribution < -0.4 is 9.64 Å². The van der Waals surface area contributed by atoms with Crippen molar-refractivity contribution < 1.29 is 23.2 Å². The lowest BCUT2D eigenvalue weighted by atomic mass is 10.0. The second-order valence-electron chi connectivity index (χ2n) is 6.77. The molecule has 0 spiro atoms. The zero-order valence-corrected chi connectivity index (χ0v) is 15.4. The largest absolute Gasteiger partial charge is 0.427 e. The highest BCUT2D eigenvalue weighted by atomic mass is 19.3. The molecule has 0 amide bonds. The van der Waals surface area contributed by atoms with Crippen LogP contribution in [0, 0.1) is 10.1 Å². The van der Waals surface area contributed by atoms with Crippen LogP contribution in [0.1, 0.15) is 5.56 Å². The molecule has 0 unspecified atom stereocenters. The second kappa shape index (κ2) is 8.04. The van der Waals surface area contributed by atoms with Gasteiger partial charge in [0.1, 0.15) is 0 Å². The van der Waals surface area contributed by atoms with Gasteiger partial charge in [-0.2, -0.15) is 8.78 Å². The quantitative estimate of drug-likeness (QED) is 0.495. The first-order valence-electron chi connectivity index (χ1n) is 9.15. The van der Waals surface area contributed by atoms with E-state index in [1.165, 1.54) is 12.1 Å². The minimum atomic E-state index is -3.14. The maximum Gasteiger partial charge on any atom is 0.387 e. The Kier molecular flexibility index (Phi) is 5.30. The molecule has 3 aromatic rings. The highest BCUT2D eigenvalue weighted by Gasteiger charge is 2.27. The zero-order chi connectivity index (χ0) is 20.4. The third kappa shape index (κ3) is 4.00. The number of nitrogens with zero attached hydrogens (tertiary/aromatic N) is 2. The fourth-order valence-corrected chi connectivity index (χ4v) is 3.74. The van der Waals surface area contributed by atoms with E-state index in [9.17, 15) is 18.9 Å². The Morgan fingerprint density at radius 3 is 2.93 bits per heavy atom. The van der Waals surface area contributed by atoms with Crippen molar-refractivity contribution in [1.29, 1.82) is 0 Å². The number of para-hydroxylation sites is 1. The van der Waals surface area contributed by atoms with Gasteiger partial charge >= 0.3 is 12.3 Å². The average molecular weight is 403 g/mol. The molecule has 1 aromatic heterocycles. The van der Waals surface area contributed by atoms with Crippen LogP contribution in [0.2, 0.25) is 0 Å². The fourth-order valence-electron chi connectivity index (χ4n) is 3.74. The number of hydrogen-bond donors (Lipinski definition) is 1. The molecule has 0 radical (unpaired) electrons. The maximum absolute atomic E-state index is 12.7. The number of halogens is 2. The van der Waals surface area contributed by atoms with Crippen LogP contribution in [0.25, 0.3) is 10.9 Å². The van der Waals surface area contributed by atoms with Crippen LogP contribution in [0.4, 0.5) is 20.2 Å². The van der Waals surface area contributed by atoms with E-state index in [-0.39, 0.29) is 6.04 Å². The minimum absolute atomic E-state index is 0.0520. The van der Waals surface area contributed by atoms with Gasteiger partial charge in [-0.15, -0.1) is 0 Å². The Labute approximate surface area is 165 Å². The molecule has 1 fully saturated rings. The van der Waals surface area contributed by atoms with E-state index in [0.717, 1.165) is 16.5 Å². The number of aromatic amines is 1. The Hall–Kier alpha value is -3.20. The molecule has 0 aliphatic carbocycles. The van der Waals surface area contributed by atoms with Gasteiger partial charge in [-0.25, -0.2) is 0 Å². The first-order chi connectivity index (χ1) is 14.0. The van der Waals surface area contributed by atoms with Crippen molar-refractivity contribution in [3.63, 3.8) is 0 Å². The summed E-state index contributed by atoms with van der Waals surface area (Å²) in [4.78, 5) is 15.7. The molecule has 29 heavy (non-hydrogen) atoms. The lowest BCUT2D eigenvalue weighted by molar-refractivity contribution is -0.386. The van der Waals surface area contributed by atoms with Crippen molar-refractivity contribution in [1.82, 2.24) is 4.98 Å². The van der Waals surface area contributed by atoms with Gasteiger partial charge in [-0.1, -0.05) is 18.2 Å². The SMILES string of the molecule is O=[N+]([O-])c1ccc(N2CCOC[C@H]2Cc2c[nH]c3ccccc23)cc1OC(F)F. The van der Waals surface area contributed by atoms with Crippen LogP contribution in [-0.4, -0.2) is 42.3 Å². The molecule has 4 rings (SSSR count). The number of fused-ring (bicyclic) bond motifs is 1. The molecular formula is C20H19F2N3O4. The molecule has 9 heteroatoms. The van der Waals surface area contributed by atoms with Gasteiger partial charge in [0.2, 0.25) is 5.75 Å². The number of benzene rings is 2. The lowest BCUT2D eigenvalue weighted by Crippen LogP contribution is -2.46. The molecular weight excluding hydrogens is 384 g/mol. The molecule has 152 valence electrons. The second-order valence-corrected chi connectivity index (χ2v) is 6.77. The van der Waals surface area contributed by atoms with E-state index in [1.807, 2.05) is 35.4 Å². The number of morpholine rings is 1. The summed E-state index contributed by atoms with van der Waals surface area (Å²) in [6.45, 7) is -1.66. The summed E-state index contributed by atoms with van der Waals surface area (Å²) in [5.74, 6) is -0.445. The van der Waals surface area contributed by atoms with Crippen molar-refractivity contribution >= 4 is 22.3 Å².